The molecule has 0 fully saturated rings. The fourth-order valence-corrected chi connectivity index (χ4v) is 1.74. The van der Waals surface area contributed by atoms with Crippen LogP contribution in [0, 0.1) is 0 Å². The molecule has 0 saturated heterocycles. The Bertz CT molecular complexity index is 599. The van der Waals surface area contributed by atoms with Crippen LogP contribution in [0.4, 0.5) is 0 Å². The second-order valence-electron chi connectivity index (χ2n) is 3.65. The lowest BCUT2D eigenvalue weighted by Crippen LogP contribution is -1.83. The van der Waals surface area contributed by atoms with Crippen molar-refractivity contribution in [1.29, 1.82) is 0 Å². The summed E-state index contributed by atoms with van der Waals surface area (Å²) in [5.74, 6) is 1.61. The van der Waals surface area contributed by atoms with Crippen LogP contribution in [0.2, 0.25) is 0 Å². The fraction of sp³-hybridized carbons (Fsp3) is 0. The second kappa shape index (κ2) is 3.74. The lowest BCUT2D eigenvalue weighted by atomic mass is 10.1. The first-order valence-corrected chi connectivity index (χ1v) is 5.22. The molecule has 0 bridgehead atoms. The van der Waals surface area contributed by atoms with Gasteiger partial charge in [0.15, 0.2) is 5.88 Å². The van der Waals surface area contributed by atoms with E-state index in [9.17, 15) is 0 Å². The van der Waals surface area contributed by atoms with Crippen molar-refractivity contribution >= 4 is 10.8 Å². The van der Waals surface area contributed by atoms with Gasteiger partial charge in [0.25, 0.3) is 0 Å². The van der Waals surface area contributed by atoms with Gasteiger partial charge in [0, 0.05) is 12.3 Å². The molecular weight excluding hydrogens is 198 g/mol. The maximum absolute atomic E-state index is 5.67. The Morgan fingerprint density at radius 2 is 1.69 bits per heavy atom. The Hall–Kier alpha value is -2.22. The molecule has 1 aromatic heterocycles. The molecule has 0 spiro atoms. The van der Waals surface area contributed by atoms with Crippen LogP contribution in [0.5, 0.6) is 11.6 Å². The zero-order valence-electron chi connectivity index (χ0n) is 8.68. The number of aromatic nitrogens is 1. The van der Waals surface area contributed by atoms with E-state index in [0.717, 1.165) is 11.6 Å². The van der Waals surface area contributed by atoms with Crippen LogP contribution in [0.15, 0.2) is 60.8 Å². The summed E-state index contributed by atoms with van der Waals surface area (Å²) in [4.78, 5) is 3.01. The van der Waals surface area contributed by atoms with Crippen molar-refractivity contribution in [3.05, 3.63) is 60.8 Å². The Kier molecular flexibility index (Phi) is 2.11. The molecule has 0 radical (unpaired) electrons. The smallest absolute Gasteiger partial charge is 0.197 e. The van der Waals surface area contributed by atoms with Gasteiger partial charge < -0.3 is 9.72 Å². The van der Waals surface area contributed by atoms with E-state index in [0.29, 0.717) is 0 Å². The number of aromatic amines is 1. The van der Waals surface area contributed by atoms with Crippen molar-refractivity contribution in [3.63, 3.8) is 0 Å². The van der Waals surface area contributed by atoms with Gasteiger partial charge in [0.2, 0.25) is 0 Å². The summed E-state index contributed by atoms with van der Waals surface area (Å²) in [5.41, 5.74) is 0. The first kappa shape index (κ1) is 9.04. The predicted octanol–water partition coefficient (Wildman–Crippen LogP) is 3.96. The van der Waals surface area contributed by atoms with E-state index < -0.39 is 0 Å². The molecule has 2 heteroatoms. The number of rotatable bonds is 2. The summed E-state index contributed by atoms with van der Waals surface area (Å²) in [6.45, 7) is 0. The minimum atomic E-state index is 0.760. The molecule has 3 aromatic rings. The van der Waals surface area contributed by atoms with E-state index in [4.69, 9.17) is 4.74 Å². The average molecular weight is 209 g/mol. The fourth-order valence-electron chi connectivity index (χ4n) is 1.74. The Morgan fingerprint density at radius 1 is 0.812 bits per heavy atom. The number of fused-ring (bicyclic) bond motifs is 1. The standard InChI is InChI=1S/C14H11NO/c1-2-5-12-10-13(8-7-11(12)4-1)16-14-6-3-9-15-14/h1-10,15H. The van der Waals surface area contributed by atoms with Crippen LogP contribution >= 0.6 is 0 Å². The zero-order valence-corrected chi connectivity index (χ0v) is 8.68. The van der Waals surface area contributed by atoms with Crippen LogP contribution in [-0.2, 0) is 0 Å². The number of H-pyrrole nitrogens is 1. The summed E-state index contributed by atoms with van der Waals surface area (Å²) in [7, 11) is 0. The van der Waals surface area contributed by atoms with Crippen molar-refractivity contribution < 1.29 is 4.74 Å². The largest absolute Gasteiger partial charge is 0.441 e. The van der Waals surface area contributed by atoms with Crippen LogP contribution in [0.1, 0.15) is 0 Å². The molecule has 0 amide bonds. The molecule has 0 unspecified atom stereocenters. The van der Waals surface area contributed by atoms with Crippen molar-refractivity contribution in [2.24, 2.45) is 0 Å². The van der Waals surface area contributed by atoms with Crippen LogP contribution in [0.3, 0.4) is 0 Å². The van der Waals surface area contributed by atoms with Crippen LogP contribution in [0.25, 0.3) is 10.8 Å². The van der Waals surface area contributed by atoms with Crippen molar-refractivity contribution in [3.8, 4) is 11.6 Å². The summed E-state index contributed by atoms with van der Waals surface area (Å²) >= 11 is 0. The molecule has 0 aliphatic heterocycles. The number of benzene rings is 2. The highest BCUT2D eigenvalue weighted by Crippen LogP contribution is 2.24. The summed E-state index contributed by atoms with van der Waals surface area (Å²) < 4.78 is 5.67. The summed E-state index contributed by atoms with van der Waals surface area (Å²) in [5, 5.41) is 2.41. The molecular formula is C14H11NO. The minimum absolute atomic E-state index is 0.760. The van der Waals surface area contributed by atoms with E-state index in [1.165, 1.54) is 10.8 Å². The van der Waals surface area contributed by atoms with E-state index in [1.54, 1.807) is 0 Å². The Balaban J connectivity index is 1.99. The first-order valence-electron chi connectivity index (χ1n) is 5.22. The van der Waals surface area contributed by atoms with Crippen molar-refractivity contribution in [2.45, 2.75) is 0 Å². The van der Waals surface area contributed by atoms with Crippen molar-refractivity contribution in [2.75, 3.05) is 0 Å². The normalized spacial score (nSPS) is 10.5. The molecule has 1 heterocycles. The highest BCUT2D eigenvalue weighted by Gasteiger charge is 1.98. The summed E-state index contributed by atoms with van der Waals surface area (Å²) in [6, 6.07) is 18.1. The van der Waals surface area contributed by atoms with E-state index in [2.05, 4.69) is 23.2 Å². The molecule has 2 aromatic carbocycles. The quantitative estimate of drug-likeness (QED) is 0.679. The molecule has 1 N–H and O–H groups in total. The predicted molar refractivity (Wildman–Crippen MR) is 64.8 cm³/mol. The molecule has 2 nitrogen and oxygen atoms in total. The van der Waals surface area contributed by atoms with Gasteiger partial charge in [-0.25, -0.2) is 0 Å². The van der Waals surface area contributed by atoms with Gasteiger partial charge in [-0.3, -0.25) is 0 Å². The van der Waals surface area contributed by atoms with Crippen molar-refractivity contribution in [1.82, 2.24) is 4.98 Å². The molecule has 0 aliphatic carbocycles. The lowest BCUT2D eigenvalue weighted by Gasteiger charge is -2.04. The monoisotopic (exact) mass is 209 g/mol. The molecule has 78 valence electrons. The molecule has 0 atom stereocenters. The second-order valence-corrected chi connectivity index (χ2v) is 3.65. The zero-order chi connectivity index (χ0) is 10.8. The SMILES string of the molecule is c1c[nH]c(Oc2ccc3ccccc3c2)c1. The van der Waals surface area contributed by atoms with Gasteiger partial charge in [0.05, 0.1) is 0 Å². The van der Waals surface area contributed by atoms with Gasteiger partial charge in [-0.1, -0.05) is 30.3 Å². The highest BCUT2D eigenvalue weighted by atomic mass is 16.5. The highest BCUT2D eigenvalue weighted by molar-refractivity contribution is 5.83. The third kappa shape index (κ3) is 1.65. The van der Waals surface area contributed by atoms with E-state index >= 15 is 0 Å². The molecule has 16 heavy (non-hydrogen) atoms. The first-order chi connectivity index (χ1) is 7.92. The Labute approximate surface area is 93.5 Å². The molecule has 0 saturated carbocycles. The lowest BCUT2D eigenvalue weighted by molar-refractivity contribution is 0.467. The number of hydrogen-bond donors (Lipinski definition) is 1. The molecule has 0 aliphatic rings. The molecule has 3 rings (SSSR count). The maximum Gasteiger partial charge on any atom is 0.197 e. The Morgan fingerprint density at radius 3 is 2.50 bits per heavy atom. The average Bonchev–Trinajstić information content (AvgIpc) is 2.82. The van der Waals surface area contributed by atoms with Gasteiger partial charge in [0.1, 0.15) is 5.75 Å². The summed E-state index contributed by atoms with van der Waals surface area (Å²) in [6.07, 6.45) is 1.84. The number of hydrogen-bond acceptors (Lipinski definition) is 1. The third-order valence-corrected chi connectivity index (χ3v) is 2.52. The maximum atomic E-state index is 5.67. The van der Waals surface area contributed by atoms with Gasteiger partial charge in [-0.15, -0.1) is 0 Å². The van der Waals surface area contributed by atoms with Gasteiger partial charge in [-0.2, -0.15) is 0 Å². The topological polar surface area (TPSA) is 25.0 Å². The van der Waals surface area contributed by atoms with E-state index in [-0.39, 0.29) is 0 Å². The minimum Gasteiger partial charge on any atom is -0.441 e. The van der Waals surface area contributed by atoms with E-state index in [1.807, 2.05) is 42.6 Å². The van der Waals surface area contributed by atoms with Gasteiger partial charge >= 0.3 is 0 Å². The number of ether oxygens (including phenoxy) is 1. The van der Waals surface area contributed by atoms with Crippen LogP contribution < -0.4 is 4.74 Å². The van der Waals surface area contributed by atoms with Crippen LogP contribution in [-0.4, -0.2) is 4.98 Å². The van der Waals surface area contributed by atoms with Gasteiger partial charge in [-0.05, 0) is 29.0 Å². The number of nitrogens with one attached hydrogen (secondary N) is 1. The third-order valence-electron chi connectivity index (χ3n) is 2.52.